The van der Waals surface area contributed by atoms with Gasteiger partial charge >= 0.3 is 0 Å². The summed E-state index contributed by atoms with van der Waals surface area (Å²) in [5.74, 6) is 3.26. The van der Waals surface area contributed by atoms with E-state index in [9.17, 15) is 0 Å². The molecule has 17 heavy (non-hydrogen) atoms. The summed E-state index contributed by atoms with van der Waals surface area (Å²) in [5.41, 5.74) is 1.89. The van der Waals surface area contributed by atoms with Gasteiger partial charge in [0.1, 0.15) is 5.82 Å². The van der Waals surface area contributed by atoms with Crippen LogP contribution in [0, 0.1) is 0 Å². The summed E-state index contributed by atoms with van der Waals surface area (Å²) >= 11 is 1.97. The van der Waals surface area contributed by atoms with Crippen molar-refractivity contribution in [1.29, 1.82) is 0 Å². The lowest BCUT2D eigenvalue weighted by molar-refractivity contribution is 0.980. The van der Waals surface area contributed by atoms with Gasteiger partial charge in [0.15, 0.2) is 0 Å². The summed E-state index contributed by atoms with van der Waals surface area (Å²) < 4.78 is 0. The SMILES string of the molecule is CCSCCCNc1cnc2ccccc2n1. The number of rotatable bonds is 6. The Balaban J connectivity index is 1.90. The van der Waals surface area contributed by atoms with Crippen LogP contribution in [-0.2, 0) is 0 Å². The largest absolute Gasteiger partial charge is 0.369 e. The van der Waals surface area contributed by atoms with E-state index in [2.05, 4.69) is 22.2 Å². The molecule has 1 aromatic heterocycles. The second-order valence-electron chi connectivity index (χ2n) is 3.72. The molecule has 0 saturated carbocycles. The third kappa shape index (κ3) is 3.60. The van der Waals surface area contributed by atoms with Gasteiger partial charge in [-0.15, -0.1) is 0 Å². The van der Waals surface area contributed by atoms with Crippen molar-refractivity contribution < 1.29 is 0 Å². The molecule has 0 bridgehead atoms. The zero-order valence-corrected chi connectivity index (χ0v) is 10.8. The first-order valence-electron chi connectivity index (χ1n) is 5.93. The smallest absolute Gasteiger partial charge is 0.145 e. The Bertz CT molecular complexity index is 473. The van der Waals surface area contributed by atoms with Crippen LogP contribution in [0.5, 0.6) is 0 Å². The van der Waals surface area contributed by atoms with E-state index in [4.69, 9.17) is 0 Å². The van der Waals surface area contributed by atoms with Crippen LogP contribution in [0.2, 0.25) is 0 Å². The van der Waals surface area contributed by atoms with Crippen LogP contribution in [0.25, 0.3) is 11.0 Å². The maximum atomic E-state index is 4.51. The van der Waals surface area contributed by atoms with E-state index < -0.39 is 0 Å². The Hall–Kier alpha value is -1.29. The molecule has 4 heteroatoms. The Morgan fingerprint density at radius 2 is 2.06 bits per heavy atom. The van der Waals surface area contributed by atoms with Gasteiger partial charge in [0.2, 0.25) is 0 Å². The molecule has 2 aromatic rings. The summed E-state index contributed by atoms with van der Waals surface area (Å²) in [7, 11) is 0. The fourth-order valence-corrected chi connectivity index (χ4v) is 2.21. The number of thioether (sulfide) groups is 1. The molecule has 0 aliphatic rings. The number of para-hydroxylation sites is 2. The minimum absolute atomic E-state index is 0.866. The molecule has 0 aliphatic carbocycles. The first-order chi connectivity index (χ1) is 8.40. The van der Waals surface area contributed by atoms with Crippen molar-refractivity contribution in [1.82, 2.24) is 9.97 Å². The molecule has 1 heterocycles. The van der Waals surface area contributed by atoms with E-state index >= 15 is 0 Å². The zero-order valence-electron chi connectivity index (χ0n) is 10.0. The predicted octanol–water partition coefficient (Wildman–Crippen LogP) is 3.18. The number of hydrogen-bond acceptors (Lipinski definition) is 4. The molecular weight excluding hydrogens is 230 g/mol. The predicted molar refractivity (Wildman–Crippen MR) is 75.6 cm³/mol. The molecule has 0 radical (unpaired) electrons. The fraction of sp³-hybridized carbons (Fsp3) is 0.385. The van der Waals surface area contributed by atoms with Crippen molar-refractivity contribution >= 4 is 28.6 Å². The van der Waals surface area contributed by atoms with Crippen LogP contribution in [0.3, 0.4) is 0 Å². The summed E-state index contributed by atoms with van der Waals surface area (Å²) in [6, 6.07) is 7.93. The number of nitrogens with one attached hydrogen (secondary N) is 1. The average Bonchev–Trinajstić information content (AvgIpc) is 2.38. The van der Waals surface area contributed by atoms with Gasteiger partial charge in [-0.3, -0.25) is 4.98 Å². The number of aromatic nitrogens is 2. The molecule has 0 amide bonds. The average molecular weight is 247 g/mol. The normalized spacial score (nSPS) is 10.6. The number of fused-ring (bicyclic) bond motifs is 1. The summed E-state index contributed by atoms with van der Waals surface area (Å²) in [6.45, 7) is 3.15. The molecule has 0 spiro atoms. The Morgan fingerprint density at radius 3 is 2.88 bits per heavy atom. The molecule has 1 aromatic carbocycles. The molecule has 1 N–H and O–H groups in total. The number of benzene rings is 1. The molecular formula is C13H17N3S. The van der Waals surface area contributed by atoms with Crippen LogP contribution in [0.4, 0.5) is 5.82 Å². The molecule has 0 saturated heterocycles. The second kappa shape index (κ2) is 6.45. The standard InChI is InChI=1S/C13H17N3S/c1-2-17-9-5-8-14-13-10-15-11-6-3-4-7-12(11)16-13/h3-4,6-7,10H,2,5,8-9H2,1H3,(H,14,16). The maximum Gasteiger partial charge on any atom is 0.145 e. The first-order valence-corrected chi connectivity index (χ1v) is 7.09. The van der Waals surface area contributed by atoms with Crippen molar-refractivity contribution in [2.45, 2.75) is 13.3 Å². The maximum absolute atomic E-state index is 4.51. The molecule has 0 aliphatic heterocycles. The molecule has 90 valence electrons. The van der Waals surface area contributed by atoms with Gasteiger partial charge in [-0.2, -0.15) is 11.8 Å². The summed E-state index contributed by atoms with van der Waals surface area (Å²) in [6.07, 6.45) is 2.96. The molecule has 2 rings (SSSR count). The van der Waals surface area contributed by atoms with Gasteiger partial charge in [-0.1, -0.05) is 19.1 Å². The van der Waals surface area contributed by atoms with Gasteiger partial charge < -0.3 is 5.32 Å². The fourth-order valence-electron chi connectivity index (χ4n) is 1.58. The lowest BCUT2D eigenvalue weighted by Crippen LogP contribution is -2.04. The van der Waals surface area contributed by atoms with Crippen LogP contribution >= 0.6 is 11.8 Å². The van der Waals surface area contributed by atoms with Gasteiger partial charge in [-0.25, -0.2) is 4.98 Å². The third-order valence-electron chi connectivity index (χ3n) is 2.42. The van der Waals surface area contributed by atoms with Gasteiger partial charge in [-0.05, 0) is 30.1 Å². The Labute approximate surface area is 106 Å². The lowest BCUT2D eigenvalue weighted by Gasteiger charge is -2.05. The monoisotopic (exact) mass is 247 g/mol. The van der Waals surface area contributed by atoms with Gasteiger partial charge in [0.25, 0.3) is 0 Å². The third-order valence-corrected chi connectivity index (χ3v) is 3.41. The number of anilines is 1. The van der Waals surface area contributed by atoms with Crippen LogP contribution in [0.1, 0.15) is 13.3 Å². The van der Waals surface area contributed by atoms with Crippen molar-refractivity contribution in [2.24, 2.45) is 0 Å². The van der Waals surface area contributed by atoms with Crippen molar-refractivity contribution in [3.8, 4) is 0 Å². The van der Waals surface area contributed by atoms with E-state index in [1.165, 1.54) is 11.5 Å². The van der Waals surface area contributed by atoms with Crippen molar-refractivity contribution in [3.05, 3.63) is 30.5 Å². The van der Waals surface area contributed by atoms with E-state index in [-0.39, 0.29) is 0 Å². The minimum atomic E-state index is 0.866. The van der Waals surface area contributed by atoms with E-state index in [1.807, 2.05) is 36.0 Å². The van der Waals surface area contributed by atoms with E-state index in [0.717, 1.165) is 29.8 Å². The van der Waals surface area contributed by atoms with Crippen molar-refractivity contribution in [3.63, 3.8) is 0 Å². The van der Waals surface area contributed by atoms with E-state index in [0.29, 0.717) is 0 Å². The molecule has 3 nitrogen and oxygen atoms in total. The minimum Gasteiger partial charge on any atom is -0.369 e. The zero-order chi connectivity index (χ0) is 11.9. The topological polar surface area (TPSA) is 37.8 Å². The highest BCUT2D eigenvalue weighted by molar-refractivity contribution is 7.99. The van der Waals surface area contributed by atoms with Gasteiger partial charge in [0, 0.05) is 6.54 Å². The van der Waals surface area contributed by atoms with E-state index in [1.54, 1.807) is 6.20 Å². The summed E-state index contributed by atoms with van der Waals surface area (Å²) in [4.78, 5) is 8.88. The van der Waals surface area contributed by atoms with Crippen LogP contribution in [-0.4, -0.2) is 28.0 Å². The quantitative estimate of drug-likeness (QED) is 0.796. The van der Waals surface area contributed by atoms with Crippen molar-refractivity contribution in [2.75, 3.05) is 23.4 Å². The molecule has 0 fully saturated rings. The Morgan fingerprint density at radius 1 is 1.24 bits per heavy atom. The van der Waals surface area contributed by atoms with Crippen LogP contribution in [0.15, 0.2) is 30.5 Å². The summed E-state index contributed by atoms with van der Waals surface area (Å²) in [5, 5.41) is 3.31. The highest BCUT2D eigenvalue weighted by atomic mass is 32.2. The molecule has 0 unspecified atom stereocenters. The van der Waals surface area contributed by atoms with Gasteiger partial charge in [0.05, 0.1) is 17.2 Å². The Kier molecular flexibility index (Phi) is 4.62. The second-order valence-corrected chi connectivity index (χ2v) is 5.12. The van der Waals surface area contributed by atoms with Crippen LogP contribution < -0.4 is 5.32 Å². The lowest BCUT2D eigenvalue weighted by atomic mass is 10.3. The number of nitrogens with zero attached hydrogens (tertiary/aromatic N) is 2. The highest BCUT2D eigenvalue weighted by Gasteiger charge is 1.97. The first kappa shape index (κ1) is 12.2. The number of hydrogen-bond donors (Lipinski definition) is 1. The molecule has 0 atom stereocenters. The highest BCUT2D eigenvalue weighted by Crippen LogP contribution is 2.11.